The lowest BCUT2D eigenvalue weighted by Crippen LogP contribution is -2.21. The Morgan fingerprint density at radius 3 is 2.94 bits per heavy atom. The lowest BCUT2D eigenvalue weighted by molar-refractivity contribution is 0.0955. The predicted octanol–water partition coefficient (Wildman–Crippen LogP) is 2.73. The summed E-state index contributed by atoms with van der Waals surface area (Å²) in [6.45, 7) is 2.48. The minimum absolute atomic E-state index is 0.0573. The van der Waals surface area contributed by atoms with Gasteiger partial charge in [-0.2, -0.15) is 0 Å². The Bertz CT molecular complexity index is 504. The fourth-order valence-corrected chi connectivity index (χ4v) is 2.97. The van der Waals surface area contributed by atoms with Gasteiger partial charge in [-0.1, -0.05) is 0 Å². The Kier molecular flexibility index (Phi) is 3.63. The molecule has 0 unspecified atom stereocenters. The summed E-state index contributed by atoms with van der Waals surface area (Å²) in [4.78, 5) is 18.4. The number of aromatic nitrogens is 1. The van der Waals surface area contributed by atoms with Gasteiger partial charge >= 0.3 is 0 Å². The topological polar surface area (TPSA) is 42.0 Å². The molecule has 0 atom stereocenters. The molecule has 2 heterocycles. The molecule has 2 aromatic heterocycles. The van der Waals surface area contributed by atoms with Crippen molar-refractivity contribution in [1.29, 1.82) is 0 Å². The summed E-state index contributed by atoms with van der Waals surface area (Å²) in [6.07, 6.45) is 0. The standard InChI is InChI=1S/C10H10N2OS3/c1-6-9(16-5-12-6)3-11-10(13)8-2-7(14)4-15-8/h2,4-5,14H,3H2,1H3,(H,11,13). The second kappa shape index (κ2) is 4.99. The van der Waals surface area contributed by atoms with Gasteiger partial charge in [0.05, 0.1) is 22.6 Å². The molecule has 3 nitrogen and oxygen atoms in total. The van der Waals surface area contributed by atoms with Crippen molar-refractivity contribution in [3.63, 3.8) is 0 Å². The molecule has 1 amide bonds. The van der Waals surface area contributed by atoms with Gasteiger partial charge in [-0.15, -0.1) is 35.3 Å². The molecule has 0 saturated heterocycles. The van der Waals surface area contributed by atoms with Gasteiger partial charge in [-0.3, -0.25) is 4.79 Å². The molecule has 1 N–H and O–H groups in total. The van der Waals surface area contributed by atoms with E-state index in [1.807, 2.05) is 12.3 Å². The molecular formula is C10H10N2OS3. The highest BCUT2D eigenvalue weighted by Gasteiger charge is 2.09. The minimum atomic E-state index is -0.0573. The van der Waals surface area contributed by atoms with E-state index in [2.05, 4.69) is 22.9 Å². The average Bonchev–Trinajstić information content (AvgIpc) is 2.84. The Balaban J connectivity index is 1.96. The zero-order valence-corrected chi connectivity index (χ0v) is 11.1. The number of nitrogens with one attached hydrogen (secondary N) is 1. The number of rotatable bonds is 3. The van der Waals surface area contributed by atoms with Gasteiger partial charge < -0.3 is 5.32 Å². The third-order valence-corrected chi connectivity index (χ3v) is 4.36. The highest BCUT2D eigenvalue weighted by atomic mass is 32.1. The molecule has 0 spiro atoms. The number of thiophene rings is 1. The second-order valence-corrected chi connectivity index (χ2v) is 5.58. The monoisotopic (exact) mass is 270 g/mol. The maximum Gasteiger partial charge on any atom is 0.261 e. The van der Waals surface area contributed by atoms with Crippen LogP contribution in [0.25, 0.3) is 0 Å². The number of carbonyl (C=O) groups is 1. The predicted molar refractivity (Wildman–Crippen MR) is 69.6 cm³/mol. The van der Waals surface area contributed by atoms with Gasteiger partial charge in [0.15, 0.2) is 0 Å². The molecule has 6 heteroatoms. The number of aryl methyl sites for hydroxylation is 1. The van der Waals surface area contributed by atoms with E-state index in [-0.39, 0.29) is 5.91 Å². The first kappa shape index (κ1) is 11.6. The van der Waals surface area contributed by atoms with Crippen LogP contribution in [0.15, 0.2) is 21.9 Å². The third-order valence-electron chi connectivity index (χ3n) is 2.06. The van der Waals surface area contributed by atoms with E-state index in [1.54, 1.807) is 22.9 Å². The summed E-state index contributed by atoms with van der Waals surface area (Å²) >= 11 is 7.12. The summed E-state index contributed by atoms with van der Waals surface area (Å²) < 4.78 is 0. The van der Waals surface area contributed by atoms with Gasteiger partial charge in [-0.05, 0) is 13.0 Å². The first-order valence-electron chi connectivity index (χ1n) is 4.61. The Morgan fingerprint density at radius 1 is 1.56 bits per heavy atom. The van der Waals surface area contributed by atoms with Crippen LogP contribution in [0.3, 0.4) is 0 Å². The Hall–Kier alpha value is -0.850. The summed E-state index contributed by atoms with van der Waals surface area (Å²) in [5.41, 5.74) is 2.76. The fourth-order valence-electron chi connectivity index (χ4n) is 1.19. The Labute approximate surface area is 107 Å². The highest BCUT2D eigenvalue weighted by Crippen LogP contribution is 2.18. The molecular weight excluding hydrogens is 260 g/mol. The van der Waals surface area contributed by atoms with Crippen LogP contribution in [0.2, 0.25) is 0 Å². The van der Waals surface area contributed by atoms with E-state index < -0.39 is 0 Å². The number of carbonyl (C=O) groups excluding carboxylic acids is 1. The van der Waals surface area contributed by atoms with Crippen molar-refractivity contribution in [3.05, 3.63) is 32.4 Å². The van der Waals surface area contributed by atoms with E-state index in [0.717, 1.165) is 15.5 Å². The summed E-state index contributed by atoms with van der Waals surface area (Å²) in [7, 11) is 0. The maximum absolute atomic E-state index is 11.7. The molecule has 0 bridgehead atoms. The number of thiazole rings is 1. The van der Waals surface area contributed by atoms with Crippen molar-refractivity contribution in [1.82, 2.24) is 10.3 Å². The molecule has 84 valence electrons. The van der Waals surface area contributed by atoms with Gasteiger partial charge in [0.1, 0.15) is 0 Å². The van der Waals surface area contributed by atoms with Crippen LogP contribution >= 0.6 is 35.3 Å². The molecule has 2 rings (SSSR count). The van der Waals surface area contributed by atoms with Crippen molar-refractivity contribution in [2.24, 2.45) is 0 Å². The van der Waals surface area contributed by atoms with Crippen LogP contribution in [0.5, 0.6) is 0 Å². The lowest BCUT2D eigenvalue weighted by atomic mass is 10.4. The number of thiol groups is 1. The molecule has 0 aliphatic heterocycles. The van der Waals surface area contributed by atoms with E-state index in [9.17, 15) is 4.79 Å². The normalized spacial score (nSPS) is 10.4. The minimum Gasteiger partial charge on any atom is -0.346 e. The average molecular weight is 270 g/mol. The lowest BCUT2D eigenvalue weighted by Gasteiger charge is -2.01. The molecule has 0 aliphatic rings. The first-order valence-corrected chi connectivity index (χ1v) is 6.82. The van der Waals surface area contributed by atoms with Crippen LogP contribution in [0.4, 0.5) is 0 Å². The van der Waals surface area contributed by atoms with Crippen LogP contribution < -0.4 is 5.32 Å². The zero-order valence-electron chi connectivity index (χ0n) is 8.56. The first-order chi connectivity index (χ1) is 7.66. The maximum atomic E-state index is 11.7. The molecule has 0 radical (unpaired) electrons. The second-order valence-electron chi connectivity index (χ2n) is 3.21. The number of nitrogens with zero attached hydrogens (tertiary/aromatic N) is 1. The van der Waals surface area contributed by atoms with Gasteiger partial charge in [-0.25, -0.2) is 4.98 Å². The van der Waals surface area contributed by atoms with Crippen molar-refractivity contribution in [2.75, 3.05) is 0 Å². The number of hydrogen-bond acceptors (Lipinski definition) is 5. The van der Waals surface area contributed by atoms with Crippen LogP contribution in [0.1, 0.15) is 20.2 Å². The number of hydrogen-bond donors (Lipinski definition) is 2. The quantitative estimate of drug-likeness (QED) is 0.842. The fraction of sp³-hybridized carbons (Fsp3) is 0.200. The molecule has 0 aliphatic carbocycles. The zero-order chi connectivity index (χ0) is 11.5. The van der Waals surface area contributed by atoms with Crippen molar-refractivity contribution < 1.29 is 4.79 Å². The van der Waals surface area contributed by atoms with E-state index in [1.165, 1.54) is 11.3 Å². The van der Waals surface area contributed by atoms with Crippen LogP contribution in [0, 0.1) is 6.92 Å². The largest absolute Gasteiger partial charge is 0.346 e. The van der Waals surface area contributed by atoms with E-state index >= 15 is 0 Å². The molecule has 0 fully saturated rings. The van der Waals surface area contributed by atoms with E-state index in [0.29, 0.717) is 11.4 Å². The molecule has 2 aromatic rings. The summed E-state index contributed by atoms with van der Waals surface area (Å²) in [5, 5.41) is 4.71. The Morgan fingerprint density at radius 2 is 2.38 bits per heavy atom. The smallest absolute Gasteiger partial charge is 0.261 e. The van der Waals surface area contributed by atoms with Crippen LogP contribution in [-0.2, 0) is 6.54 Å². The van der Waals surface area contributed by atoms with E-state index in [4.69, 9.17) is 0 Å². The molecule has 0 aromatic carbocycles. The summed E-state index contributed by atoms with van der Waals surface area (Å²) in [6, 6.07) is 1.77. The van der Waals surface area contributed by atoms with Gasteiger partial charge in [0, 0.05) is 15.2 Å². The van der Waals surface area contributed by atoms with Gasteiger partial charge in [0.25, 0.3) is 5.91 Å². The molecule has 0 saturated carbocycles. The summed E-state index contributed by atoms with van der Waals surface area (Å²) in [5.74, 6) is -0.0573. The SMILES string of the molecule is Cc1ncsc1CNC(=O)c1cc(S)cs1. The van der Waals surface area contributed by atoms with Crippen molar-refractivity contribution in [2.45, 2.75) is 18.4 Å². The highest BCUT2D eigenvalue weighted by molar-refractivity contribution is 7.80. The van der Waals surface area contributed by atoms with Crippen LogP contribution in [-0.4, -0.2) is 10.9 Å². The van der Waals surface area contributed by atoms with Gasteiger partial charge in [0.2, 0.25) is 0 Å². The third kappa shape index (κ3) is 2.63. The van der Waals surface area contributed by atoms with Crippen molar-refractivity contribution >= 4 is 41.2 Å². The molecule has 16 heavy (non-hydrogen) atoms. The number of amides is 1. The van der Waals surface area contributed by atoms with Crippen molar-refractivity contribution in [3.8, 4) is 0 Å².